The second-order valence-corrected chi connectivity index (χ2v) is 4.60. The van der Waals surface area contributed by atoms with Gasteiger partial charge >= 0.3 is 0 Å². The Morgan fingerprint density at radius 2 is 2.00 bits per heavy atom. The first-order valence-corrected chi connectivity index (χ1v) is 5.53. The SMILES string of the molecule is CC(C)CN(C)c1ccccc1C(N)=S. The molecule has 3 heteroatoms. The quantitative estimate of drug-likeness (QED) is 0.793. The molecule has 0 aromatic heterocycles. The monoisotopic (exact) mass is 222 g/mol. The van der Waals surface area contributed by atoms with Gasteiger partial charge in [0, 0.05) is 24.8 Å². The van der Waals surface area contributed by atoms with Crippen LogP contribution in [0.1, 0.15) is 19.4 Å². The topological polar surface area (TPSA) is 29.3 Å². The minimum Gasteiger partial charge on any atom is -0.389 e. The van der Waals surface area contributed by atoms with Crippen molar-refractivity contribution in [1.82, 2.24) is 0 Å². The van der Waals surface area contributed by atoms with E-state index in [1.165, 1.54) is 0 Å². The van der Waals surface area contributed by atoms with Gasteiger partial charge in [-0.1, -0.05) is 38.2 Å². The highest BCUT2D eigenvalue weighted by Crippen LogP contribution is 2.19. The van der Waals surface area contributed by atoms with Crippen molar-refractivity contribution in [3.05, 3.63) is 29.8 Å². The third-order valence-corrected chi connectivity index (χ3v) is 2.44. The number of para-hydroxylation sites is 1. The van der Waals surface area contributed by atoms with Gasteiger partial charge in [-0.3, -0.25) is 0 Å². The molecule has 0 aliphatic carbocycles. The molecular formula is C12H18N2S. The number of nitrogens with zero attached hydrogens (tertiary/aromatic N) is 1. The predicted molar refractivity (Wildman–Crippen MR) is 70.4 cm³/mol. The van der Waals surface area contributed by atoms with Crippen molar-refractivity contribution in [2.45, 2.75) is 13.8 Å². The molecule has 0 fully saturated rings. The lowest BCUT2D eigenvalue weighted by atomic mass is 10.1. The van der Waals surface area contributed by atoms with Gasteiger partial charge in [0.15, 0.2) is 0 Å². The van der Waals surface area contributed by atoms with Crippen LogP contribution in [0.5, 0.6) is 0 Å². The van der Waals surface area contributed by atoms with Crippen molar-refractivity contribution in [3.8, 4) is 0 Å². The summed E-state index contributed by atoms with van der Waals surface area (Å²) in [6.07, 6.45) is 0. The molecule has 82 valence electrons. The van der Waals surface area contributed by atoms with Crippen LogP contribution in [0.15, 0.2) is 24.3 Å². The Kier molecular flexibility index (Phi) is 4.09. The van der Waals surface area contributed by atoms with Crippen LogP contribution in [0.4, 0.5) is 5.69 Å². The molecule has 0 bridgehead atoms. The number of nitrogens with two attached hydrogens (primary N) is 1. The Morgan fingerprint density at radius 3 is 2.53 bits per heavy atom. The van der Waals surface area contributed by atoms with E-state index < -0.39 is 0 Å². The fourth-order valence-corrected chi connectivity index (χ4v) is 1.83. The second kappa shape index (κ2) is 5.12. The Labute approximate surface area is 97.1 Å². The molecule has 0 saturated heterocycles. The van der Waals surface area contributed by atoms with Crippen LogP contribution in [0.25, 0.3) is 0 Å². The largest absolute Gasteiger partial charge is 0.389 e. The molecule has 0 radical (unpaired) electrons. The van der Waals surface area contributed by atoms with Crippen LogP contribution in [0.2, 0.25) is 0 Å². The molecule has 0 atom stereocenters. The molecule has 2 N–H and O–H groups in total. The van der Waals surface area contributed by atoms with Gasteiger partial charge in [-0.2, -0.15) is 0 Å². The molecular weight excluding hydrogens is 204 g/mol. The molecule has 0 amide bonds. The van der Waals surface area contributed by atoms with Crippen LogP contribution in [-0.4, -0.2) is 18.6 Å². The summed E-state index contributed by atoms with van der Waals surface area (Å²) in [7, 11) is 2.07. The minimum atomic E-state index is 0.459. The average molecular weight is 222 g/mol. The van der Waals surface area contributed by atoms with Gasteiger partial charge in [0.2, 0.25) is 0 Å². The maximum atomic E-state index is 5.69. The number of hydrogen-bond donors (Lipinski definition) is 1. The number of thiocarbonyl (C=S) groups is 1. The Bertz CT molecular complexity index is 347. The number of anilines is 1. The smallest absolute Gasteiger partial charge is 0.106 e. The summed E-state index contributed by atoms with van der Waals surface area (Å²) in [5.41, 5.74) is 7.75. The molecule has 0 heterocycles. The van der Waals surface area contributed by atoms with E-state index >= 15 is 0 Å². The van der Waals surface area contributed by atoms with Crippen molar-refractivity contribution < 1.29 is 0 Å². The molecule has 15 heavy (non-hydrogen) atoms. The molecule has 1 aromatic rings. The molecule has 0 unspecified atom stereocenters. The fraction of sp³-hybridized carbons (Fsp3) is 0.417. The Morgan fingerprint density at radius 1 is 1.40 bits per heavy atom. The zero-order valence-electron chi connectivity index (χ0n) is 9.53. The highest BCUT2D eigenvalue weighted by Gasteiger charge is 2.09. The van der Waals surface area contributed by atoms with Crippen molar-refractivity contribution >= 4 is 22.9 Å². The third kappa shape index (κ3) is 3.20. The van der Waals surface area contributed by atoms with E-state index in [1.54, 1.807) is 0 Å². The fourth-order valence-electron chi connectivity index (χ4n) is 1.66. The van der Waals surface area contributed by atoms with E-state index in [4.69, 9.17) is 18.0 Å². The summed E-state index contributed by atoms with van der Waals surface area (Å²) in [5.74, 6) is 0.620. The first-order valence-electron chi connectivity index (χ1n) is 5.12. The van der Waals surface area contributed by atoms with E-state index in [9.17, 15) is 0 Å². The van der Waals surface area contributed by atoms with E-state index in [0.29, 0.717) is 10.9 Å². The van der Waals surface area contributed by atoms with Crippen molar-refractivity contribution in [2.75, 3.05) is 18.5 Å². The standard InChI is InChI=1S/C12H18N2S/c1-9(2)8-14(3)11-7-5-4-6-10(11)12(13)15/h4-7,9H,8H2,1-3H3,(H2,13,15). The summed E-state index contributed by atoms with van der Waals surface area (Å²) in [5, 5.41) is 0. The molecule has 0 aliphatic rings. The van der Waals surface area contributed by atoms with Crippen LogP contribution >= 0.6 is 12.2 Å². The van der Waals surface area contributed by atoms with Crippen LogP contribution < -0.4 is 10.6 Å². The number of hydrogen-bond acceptors (Lipinski definition) is 2. The first-order chi connectivity index (χ1) is 7.02. The molecule has 0 saturated carbocycles. The molecule has 1 aromatic carbocycles. The van der Waals surface area contributed by atoms with Gasteiger partial charge in [0.05, 0.1) is 0 Å². The van der Waals surface area contributed by atoms with Crippen molar-refractivity contribution in [1.29, 1.82) is 0 Å². The maximum Gasteiger partial charge on any atom is 0.106 e. The lowest BCUT2D eigenvalue weighted by molar-refractivity contribution is 0.638. The van der Waals surface area contributed by atoms with Crippen LogP contribution in [-0.2, 0) is 0 Å². The normalized spacial score (nSPS) is 10.4. The lowest BCUT2D eigenvalue weighted by Gasteiger charge is -2.23. The molecule has 0 spiro atoms. The highest BCUT2D eigenvalue weighted by molar-refractivity contribution is 7.80. The Balaban J connectivity index is 2.97. The van der Waals surface area contributed by atoms with Crippen molar-refractivity contribution in [3.63, 3.8) is 0 Å². The lowest BCUT2D eigenvalue weighted by Crippen LogP contribution is -2.25. The highest BCUT2D eigenvalue weighted by atomic mass is 32.1. The summed E-state index contributed by atoms with van der Waals surface area (Å²) in [6, 6.07) is 7.99. The zero-order valence-corrected chi connectivity index (χ0v) is 10.3. The maximum absolute atomic E-state index is 5.69. The van der Waals surface area contributed by atoms with E-state index in [1.807, 2.05) is 18.2 Å². The number of benzene rings is 1. The zero-order chi connectivity index (χ0) is 11.4. The summed E-state index contributed by atoms with van der Waals surface area (Å²) in [6.45, 7) is 5.39. The van der Waals surface area contributed by atoms with E-state index in [-0.39, 0.29) is 0 Å². The third-order valence-electron chi connectivity index (χ3n) is 2.22. The summed E-state index contributed by atoms with van der Waals surface area (Å²) < 4.78 is 0. The molecule has 0 aliphatic heterocycles. The van der Waals surface area contributed by atoms with E-state index in [0.717, 1.165) is 17.8 Å². The van der Waals surface area contributed by atoms with Crippen molar-refractivity contribution in [2.24, 2.45) is 11.7 Å². The van der Waals surface area contributed by atoms with Gasteiger partial charge in [-0.15, -0.1) is 0 Å². The Hall–Kier alpha value is -1.09. The molecule has 2 nitrogen and oxygen atoms in total. The van der Waals surface area contributed by atoms with E-state index in [2.05, 4.69) is 31.9 Å². The van der Waals surface area contributed by atoms with Crippen LogP contribution in [0, 0.1) is 5.92 Å². The summed E-state index contributed by atoms with van der Waals surface area (Å²) in [4.78, 5) is 2.65. The molecule has 1 rings (SSSR count). The average Bonchev–Trinajstić information content (AvgIpc) is 2.16. The summed E-state index contributed by atoms with van der Waals surface area (Å²) >= 11 is 5.03. The van der Waals surface area contributed by atoms with Gasteiger partial charge in [0.1, 0.15) is 4.99 Å². The van der Waals surface area contributed by atoms with Gasteiger partial charge in [0.25, 0.3) is 0 Å². The predicted octanol–water partition coefficient (Wildman–Crippen LogP) is 2.41. The van der Waals surface area contributed by atoms with Gasteiger partial charge in [-0.25, -0.2) is 0 Å². The number of rotatable bonds is 4. The van der Waals surface area contributed by atoms with Crippen LogP contribution in [0.3, 0.4) is 0 Å². The van der Waals surface area contributed by atoms with Gasteiger partial charge in [-0.05, 0) is 18.1 Å². The first kappa shape index (κ1) is 12.0. The minimum absolute atomic E-state index is 0.459. The van der Waals surface area contributed by atoms with Gasteiger partial charge < -0.3 is 10.6 Å². The second-order valence-electron chi connectivity index (χ2n) is 4.16.